The van der Waals surface area contributed by atoms with E-state index in [-0.39, 0.29) is 17.7 Å². The summed E-state index contributed by atoms with van der Waals surface area (Å²) in [6, 6.07) is 6.90. The van der Waals surface area contributed by atoms with Gasteiger partial charge in [-0.1, -0.05) is 12.1 Å². The normalized spacial score (nSPS) is 18.4. The lowest BCUT2D eigenvalue weighted by Crippen LogP contribution is -2.38. The molecule has 0 saturated carbocycles. The van der Waals surface area contributed by atoms with Gasteiger partial charge in [0.15, 0.2) is 0 Å². The van der Waals surface area contributed by atoms with E-state index in [1.54, 1.807) is 24.3 Å². The maximum absolute atomic E-state index is 12.2. The molecule has 1 fully saturated rings. The summed E-state index contributed by atoms with van der Waals surface area (Å²) in [4.78, 5) is 39.2. The van der Waals surface area contributed by atoms with E-state index in [0.29, 0.717) is 37.1 Å². The second-order valence-electron chi connectivity index (χ2n) is 5.50. The number of hydrogen-bond acceptors (Lipinski definition) is 3. The summed E-state index contributed by atoms with van der Waals surface area (Å²) in [5.41, 5.74) is 0.966. The van der Waals surface area contributed by atoms with E-state index < -0.39 is 0 Å². The summed E-state index contributed by atoms with van der Waals surface area (Å²) in [5, 5.41) is 0. The fourth-order valence-electron chi connectivity index (χ4n) is 2.96. The zero-order valence-electron chi connectivity index (χ0n) is 11.9. The van der Waals surface area contributed by atoms with Gasteiger partial charge >= 0.3 is 0 Å². The molecule has 0 aromatic heterocycles. The minimum Gasteiger partial charge on any atom is -0.343 e. The van der Waals surface area contributed by atoms with E-state index in [2.05, 4.69) is 0 Å². The van der Waals surface area contributed by atoms with Crippen molar-refractivity contribution < 1.29 is 14.4 Å². The van der Waals surface area contributed by atoms with Crippen LogP contribution in [0.25, 0.3) is 0 Å². The molecule has 21 heavy (non-hydrogen) atoms. The highest BCUT2D eigenvalue weighted by Gasteiger charge is 2.34. The van der Waals surface area contributed by atoms with Gasteiger partial charge in [0.25, 0.3) is 11.8 Å². The molecule has 5 nitrogen and oxygen atoms in total. The van der Waals surface area contributed by atoms with Gasteiger partial charge in [0.05, 0.1) is 11.1 Å². The van der Waals surface area contributed by atoms with Crippen molar-refractivity contribution in [2.75, 3.05) is 19.6 Å². The molecule has 2 aliphatic heterocycles. The molecule has 2 aliphatic rings. The fourth-order valence-corrected chi connectivity index (χ4v) is 2.96. The van der Waals surface area contributed by atoms with Crippen molar-refractivity contribution in [3.05, 3.63) is 35.4 Å². The number of imide groups is 1. The van der Waals surface area contributed by atoms with Crippen LogP contribution in [0.15, 0.2) is 24.3 Å². The topological polar surface area (TPSA) is 57.7 Å². The Labute approximate surface area is 123 Å². The minimum atomic E-state index is -0.222. The summed E-state index contributed by atoms with van der Waals surface area (Å²) in [6.45, 7) is 1.78. The summed E-state index contributed by atoms with van der Waals surface area (Å²) in [5.74, 6) is -0.259. The molecular formula is C16H18N2O3. The monoisotopic (exact) mass is 286 g/mol. The van der Waals surface area contributed by atoms with Gasteiger partial charge in [-0.15, -0.1) is 0 Å². The van der Waals surface area contributed by atoms with Gasteiger partial charge in [0, 0.05) is 26.1 Å². The Kier molecular flexibility index (Phi) is 3.73. The quantitative estimate of drug-likeness (QED) is 0.791. The highest BCUT2D eigenvalue weighted by molar-refractivity contribution is 6.21. The summed E-state index contributed by atoms with van der Waals surface area (Å²) in [7, 11) is 0. The van der Waals surface area contributed by atoms with E-state index in [1.807, 2.05) is 4.90 Å². The molecule has 0 radical (unpaired) electrons. The first-order valence-corrected chi connectivity index (χ1v) is 7.41. The number of hydrogen-bond donors (Lipinski definition) is 0. The number of nitrogens with zero attached hydrogens (tertiary/aromatic N) is 2. The third-order valence-corrected chi connectivity index (χ3v) is 4.11. The number of rotatable bonds is 4. The van der Waals surface area contributed by atoms with Crippen molar-refractivity contribution >= 4 is 17.7 Å². The highest BCUT2D eigenvalue weighted by Crippen LogP contribution is 2.22. The number of carbonyl (C=O) groups is 3. The lowest BCUT2D eigenvalue weighted by molar-refractivity contribution is -0.133. The summed E-state index contributed by atoms with van der Waals surface area (Å²) < 4.78 is 0. The smallest absolute Gasteiger partial charge is 0.261 e. The molecule has 3 rings (SSSR count). The zero-order valence-corrected chi connectivity index (χ0v) is 11.9. The van der Waals surface area contributed by atoms with Crippen molar-refractivity contribution in [3.63, 3.8) is 0 Å². The largest absolute Gasteiger partial charge is 0.343 e. The average Bonchev–Trinajstić information content (AvgIpc) is 2.74. The number of piperidine rings is 1. The molecule has 3 amide bonds. The zero-order chi connectivity index (χ0) is 14.8. The number of amides is 3. The van der Waals surface area contributed by atoms with E-state index in [1.165, 1.54) is 4.90 Å². The van der Waals surface area contributed by atoms with Gasteiger partial charge in [0.1, 0.15) is 0 Å². The predicted octanol–water partition coefficient (Wildman–Crippen LogP) is 1.69. The Hall–Kier alpha value is -2.17. The minimum absolute atomic E-state index is 0.184. The highest BCUT2D eigenvalue weighted by atomic mass is 16.2. The molecule has 2 heterocycles. The van der Waals surface area contributed by atoms with E-state index in [0.717, 1.165) is 19.4 Å². The Morgan fingerprint density at radius 3 is 2.19 bits per heavy atom. The van der Waals surface area contributed by atoms with Crippen molar-refractivity contribution in [1.29, 1.82) is 0 Å². The maximum Gasteiger partial charge on any atom is 0.261 e. The molecule has 0 unspecified atom stereocenters. The van der Waals surface area contributed by atoms with Crippen molar-refractivity contribution in [3.8, 4) is 0 Å². The van der Waals surface area contributed by atoms with Crippen LogP contribution in [0.2, 0.25) is 0 Å². The fraction of sp³-hybridized carbons (Fsp3) is 0.438. The first kappa shape index (κ1) is 13.8. The van der Waals surface area contributed by atoms with Gasteiger partial charge in [-0.25, -0.2) is 0 Å². The van der Waals surface area contributed by atoms with Crippen LogP contribution in [0.4, 0.5) is 0 Å². The van der Waals surface area contributed by atoms with Crippen LogP contribution < -0.4 is 0 Å². The van der Waals surface area contributed by atoms with Crippen molar-refractivity contribution in [1.82, 2.24) is 9.80 Å². The van der Waals surface area contributed by atoms with Crippen LogP contribution in [0, 0.1) is 0 Å². The second-order valence-corrected chi connectivity index (χ2v) is 5.50. The van der Waals surface area contributed by atoms with Crippen LogP contribution in [-0.2, 0) is 4.79 Å². The third-order valence-electron chi connectivity index (χ3n) is 4.11. The molecule has 1 aromatic rings. The van der Waals surface area contributed by atoms with E-state index in [9.17, 15) is 14.4 Å². The molecule has 0 spiro atoms. The van der Waals surface area contributed by atoms with Gasteiger partial charge in [-0.05, 0) is 31.4 Å². The third kappa shape index (κ3) is 2.55. The van der Waals surface area contributed by atoms with Gasteiger partial charge in [-0.2, -0.15) is 0 Å². The number of carbonyl (C=O) groups excluding carboxylic acids is 3. The Balaban J connectivity index is 1.58. The molecule has 1 saturated heterocycles. The molecule has 0 atom stereocenters. The molecule has 5 heteroatoms. The van der Waals surface area contributed by atoms with Crippen LogP contribution in [-0.4, -0.2) is 47.2 Å². The number of fused-ring (bicyclic) bond motifs is 1. The average molecular weight is 286 g/mol. The van der Waals surface area contributed by atoms with E-state index >= 15 is 0 Å². The first-order valence-electron chi connectivity index (χ1n) is 7.41. The SMILES string of the molecule is O=C1CCCCN1CCCN1C(=O)c2ccccc2C1=O. The number of benzene rings is 1. The van der Waals surface area contributed by atoms with Gasteiger partial charge in [0.2, 0.25) is 5.91 Å². The second kappa shape index (κ2) is 5.68. The molecule has 0 bridgehead atoms. The lowest BCUT2D eigenvalue weighted by atomic mass is 10.1. The standard InChI is InChI=1S/C16H18N2O3/c19-14-8-3-4-9-17(14)10-5-11-18-15(20)12-6-1-2-7-13(12)16(18)21/h1-2,6-7H,3-5,8-11H2. The van der Waals surface area contributed by atoms with Crippen LogP contribution >= 0.6 is 0 Å². The van der Waals surface area contributed by atoms with Crippen LogP contribution in [0.3, 0.4) is 0 Å². The van der Waals surface area contributed by atoms with Crippen molar-refractivity contribution in [2.24, 2.45) is 0 Å². The molecular weight excluding hydrogens is 268 g/mol. The maximum atomic E-state index is 12.2. The summed E-state index contributed by atoms with van der Waals surface area (Å²) in [6.07, 6.45) is 3.26. The lowest BCUT2D eigenvalue weighted by Gasteiger charge is -2.27. The molecule has 0 aliphatic carbocycles. The van der Waals surface area contributed by atoms with Crippen LogP contribution in [0.5, 0.6) is 0 Å². The van der Waals surface area contributed by atoms with Crippen LogP contribution in [0.1, 0.15) is 46.4 Å². The molecule has 1 aromatic carbocycles. The Morgan fingerprint density at radius 2 is 1.57 bits per heavy atom. The molecule has 110 valence electrons. The first-order chi connectivity index (χ1) is 10.2. The summed E-state index contributed by atoms with van der Waals surface area (Å²) >= 11 is 0. The molecule has 0 N–H and O–H groups in total. The van der Waals surface area contributed by atoms with E-state index in [4.69, 9.17) is 0 Å². The van der Waals surface area contributed by atoms with Gasteiger partial charge in [-0.3, -0.25) is 19.3 Å². The van der Waals surface area contributed by atoms with Crippen molar-refractivity contribution in [2.45, 2.75) is 25.7 Å². The Bertz CT molecular complexity index is 562. The van der Waals surface area contributed by atoms with Gasteiger partial charge < -0.3 is 4.90 Å². The predicted molar refractivity (Wildman–Crippen MR) is 76.9 cm³/mol. The Morgan fingerprint density at radius 1 is 0.905 bits per heavy atom. The number of likely N-dealkylation sites (tertiary alicyclic amines) is 1.